The summed E-state index contributed by atoms with van der Waals surface area (Å²) in [5.41, 5.74) is 0.374. The van der Waals surface area contributed by atoms with Crippen molar-refractivity contribution in [3.63, 3.8) is 0 Å². The van der Waals surface area contributed by atoms with Gasteiger partial charge in [-0.15, -0.1) is 0 Å². The van der Waals surface area contributed by atoms with Crippen LogP contribution in [0.15, 0.2) is 64.2 Å². The van der Waals surface area contributed by atoms with Gasteiger partial charge in [0, 0.05) is 6.42 Å². The molecule has 0 fully saturated rings. The van der Waals surface area contributed by atoms with Crippen LogP contribution in [-0.2, 0) is 17.7 Å². The second-order valence-corrected chi connectivity index (χ2v) is 6.46. The first-order chi connectivity index (χ1) is 14.4. The maximum Gasteiger partial charge on any atom is 0.514 e. The quantitative estimate of drug-likeness (QED) is 0.385. The molecule has 3 aromatic rings. The molecule has 0 aliphatic rings. The van der Waals surface area contributed by atoms with Crippen LogP contribution in [-0.4, -0.2) is 40.0 Å². The third kappa shape index (κ3) is 4.86. The molecule has 0 radical (unpaired) electrons. The summed E-state index contributed by atoms with van der Waals surface area (Å²) in [6, 6.07) is 15.2. The number of nitrogens with one attached hydrogen (secondary N) is 1. The molecule has 2 aromatic carbocycles. The van der Waals surface area contributed by atoms with Gasteiger partial charge in [-0.1, -0.05) is 54.6 Å². The van der Waals surface area contributed by atoms with Crippen LogP contribution >= 0.6 is 0 Å². The summed E-state index contributed by atoms with van der Waals surface area (Å²) < 4.78 is 10.4. The van der Waals surface area contributed by atoms with E-state index in [0.29, 0.717) is 5.56 Å². The first-order valence-electron chi connectivity index (χ1n) is 8.99. The Morgan fingerprint density at radius 3 is 2.30 bits per heavy atom. The zero-order chi connectivity index (χ0) is 21.7. The van der Waals surface area contributed by atoms with E-state index in [1.165, 1.54) is 12.1 Å². The van der Waals surface area contributed by atoms with E-state index in [1.807, 2.05) is 6.07 Å². The number of hydrogen-bond acceptors (Lipinski definition) is 7. The molecule has 3 rings (SSSR count). The lowest BCUT2D eigenvalue weighted by Gasteiger charge is -2.12. The lowest BCUT2D eigenvalue weighted by Crippen LogP contribution is -2.38. The number of carbonyl (C=O) groups excluding carboxylic acids is 1. The molecule has 30 heavy (non-hydrogen) atoms. The first-order valence-corrected chi connectivity index (χ1v) is 8.99. The molecular formula is C20H19BN2O7. The van der Waals surface area contributed by atoms with Gasteiger partial charge in [0.15, 0.2) is 0 Å². The number of methoxy groups -OCH3 is 1. The van der Waals surface area contributed by atoms with Gasteiger partial charge in [0.1, 0.15) is 0 Å². The minimum absolute atomic E-state index is 0.0593. The van der Waals surface area contributed by atoms with Crippen molar-refractivity contribution in [1.29, 1.82) is 0 Å². The van der Waals surface area contributed by atoms with Crippen molar-refractivity contribution in [1.82, 2.24) is 9.55 Å². The number of aromatic nitrogens is 2. The predicted octanol–water partition coefficient (Wildman–Crippen LogP) is 0.000700. The van der Waals surface area contributed by atoms with Crippen molar-refractivity contribution in [3.8, 4) is 5.88 Å². The zero-order valence-corrected chi connectivity index (χ0v) is 16.1. The van der Waals surface area contributed by atoms with Crippen LogP contribution < -0.4 is 21.4 Å². The van der Waals surface area contributed by atoms with Gasteiger partial charge in [-0.2, -0.15) is 0 Å². The molecule has 0 saturated heterocycles. The van der Waals surface area contributed by atoms with E-state index in [-0.39, 0.29) is 29.9 Å². The van der Waals surface area contributed by atoms with Gasteiger partial charge >= 0.3 is 19.0 Å². The number of hydrogen-bond donors (Lipinski definition) is 3. The molecule has 154 valence electrons. The fourth-order valence-electron chi connectivity index (χ4n) is 2.88. The predicted molar refractivity (Wildman–Crippen MR) is 109 cm³/mol. The molecule has 0 atom stereocenters. The maximum atomic E-state index is 13.1. The lowest BCUT2D eigenvalue weighted by atomic mass is 9.80. The number of benzene rings is 2. The van der Waals surface area contributed by atoms with Crippen molar-refractivity contribution < 1.29 is 24.3 Å². The molecule has 10 heteroatoms. The molecule has 3 N–H and O–H groups in total. The largest absolute Gasteiger partial charge is 0.514 e. The topological polar surface area (TPSA) is 131 Å². The summed E-state index contributed by atoms with van der Waals surface area (Å²) in [6.07, 6.45) is -0.937. The van der Waals surface area contributed by atoms with Gasteiger partial charge in [-0.3, -0.25) is 14.3 Å². The van der Waals surface area contributed by atoms with Crippen LogP contribution in [0.1, 0.15) is 16.7 Å². The monoisotopic (exact) mass is 410 g/mol. The van der Waals surface area contributed by atoms with E-state index >= 15 is 0 Å². The highest BCUT2D eigenvalue weighted by Gasteiger charge is 2.19. The van der Waals surface area contributed by atoms with E-state index in [9.17, 15) is 24.4 Å². The average Bonchev–Trinajstić information content (AvgIpc) is 2.74. The van der Waals surface area contributed by atoms with Gasteiger partial charge in [0.25, 0.3) is 5.56 Å². The minimum Gasteiger partial charge on any atom is -0.437 e. The van der Waals surface area contributed by atoms with Crippen LogP contribution in [0.2, 0.25) is 0 Å². The summed E-state index contributed by atoms with van der Waals surface area (Å²) in [5.74, 6) is -0.268. The van der Waals surface area contributed by atoms with Crippen molar-refractivity contribution >= 4 is 18.7 Å². The highest BCUT2D eigenvalue weighted by molar-refractivity contribution is 6.58. The molecule has 0 saturated carbocycles. The second kappa shape index (κ2) is 9.25. The van der Waals surface area contributed by atoms with E-state index in [4.69, 9.17) is 4.74 Å². The van der Waals surface area contributed by atoms with E-state index < -0.39 is 24.5 Å². The van der Waals surface area contributed by atoms with E-state index in [0.717, 1.165) is 17.2 Å². The second-order valence-electron chi connectivity index (χ2n) is 6.46. The van der Waals surface area contributed by atoms with Gasteiger partial charge in [-0.25, -0.2) is 9.59 Å². The van der Waals surface area contributed by atoms with Gasteiger partial charge in [0.05, 0.1) is 19.2 Å². The molecule has 0 aliphatic carbocycles. The maximum absolute atomic E-state index is 13.1. The summed E-state index contributed by atoms with van der Waals surface area (Å²) in [5, 5.41) is 18.4. The number of H-pyrrole nitrogens is 1. The minimum atomic E-state index is -1.61. The molecule has 9 nitrogen and oxygen atoms in total. The van der Waals surface area contributed by atoms with Crippen molar-refractivity contribution in [3.05, 3.63) is 92.1 Å². The molecule has 1 aromatic heterocycles. The van der Waals surface area contributed by atoms with Crippen LogP contribution in [0.4, 0.5) is 4.79 Å². The third-order valence-corrected chi connectivity index (χ3v) is 4.44. The van der Waals surface area contributed by atoms with Crippen molar-refractivity contribution in [2.24, 2.45) is 0 Å². The number of ether oxygens (including phenoxy) is 2. The molecule has 0 amide bonds. The van der Waals surface area contributed by atoms with Crippen LogP contribution in [0.3, 0.4) is 0 Å². The van der Waals surface area contributed by atoms with Gasteiger partial charge in [-0.05, 0) is 16.6 Å². The molecule has 0 unspecified atom stereocenters. The highest BCUT2D eigenvalue weighted by atomic mass is 16.7. The van der Waals surface area contributed by atoms with Gasteiger partial charge in [0.2, 0.25) is 5.88 Å². The van der Waals surface area contributed by atoms with E-state index in [2.05, 4.69) is 9.72 Å². The first kappa shape index (κ1) is 21.1. The fraction of sp³-hybridized carbons (Fsp3) is 0.150. The average molecular weight is 410 g/mol. The van der Waals surface area contributed by atoms with E-state index in [1.54, 1.807) is 36.4 Å². The Kier molecular flexibility index (Phi) is 6.50. The summed E-state index contributed by atoms with van der Waals surface area (Å²) in [6.45, 7) is -0.0593. The third-order valence-electron chi connectivity index (χ3n) is 4.44. The summed E-state index contributed by atoms with van der Waals surface area (Å²) >= 11 is 0. The molecule has 0 spiro atoms. The number of carbonyl (C=O) groups is 1. The Balaban J connectivity index is 2.03. The number of nitrogens with zero attached hydrogens (tertiary/aromatic N) is 1. The molecule has 0 bridgehead atoms. The normalized spacial score (nSPS) is 10.5. The van der Waals surface area contributed by atoms with Crippen LogP contribution in [0.5, 0.6) is 5.88 Å². The van der Waals surface area contributed by atoms with Crippen LogP contribution in [0, 0.1) is 0 Å². The summed E-state index contributed by atoms with van der Waals surface area (Å²) in [7, 11) is -0.497. The number of aromatic amines is 1. The Morgan fingerprint density at radius 2 is 1.70 bits per heavy atom. The standard InChI is InChI=1S/C20H19BN2O7/c1-29-20(26)30-17-16(11-13-5-3-2-4-6-13)18(24)23(19(25)22-17)12-14-7-9-15(10-8-14)21(27)28/h2-10,27-28H,11-12H2,1H3,(H,22,25). The molecular weight excluding hydrogens is 391 g/mol. The zero-order valence-electron chi connectivity index (χ0n) is 16.1. The van der Waals surface area contributed by atoms with Crippen molar-refractivity contribution in [2.75, 3.05) is 7.11 Å². The number of rotatable bonds is 6. The Bertz CT molecular complexity index is 1140. The Hall–Kier alpha value is -3.63. The fourth-order valence-corrected chi connectivity index (χ4v) is 2.88. The molecule has 0 aliphatic heterocycles. The Morgan fingerprint density at radius 1 is 1.03 bits per heavy atom. The Labute approximate surface area is 171 Å². The molecule has 1 heterocycles. The van der Waals surface area contributed by atoms with Crippen molar-refractivity contribution in [2.45, 2.75) is 13.0 Å². The van der Waals surface area contributed by atoms with Gasteiger partial charge < -0.3 is 19.5 Å². The lowest BCUT2D eigenvalue weighted by molar-refractivity contribution is 0.119. The highest BCUT2D eigenvalue weighted by Crippen LogP contribution is 2.15. The summed E-state index contributed by atoms with van der Waals surface area (Å²) in [4.78, 5) is 39.6. The van der Waals surface area contributed by atoms with Crippen LogP contribution in [0.25, 0.3) is 0 Å². The smallest absolute Gasteiger partial charge is 0.437 e. The SMILES string of the molecule is COC(=O)Oc1[nH]c(=O)n(Cc2ccc(B(O)O)cc2)c(=O)c1Cc1ccccc1.